The van der Waals surface area contributed by atoms with Gasteiger partial charge in [0, 0.05) is 12.4 Å². The Hall–Kier alpha value is -1.94. The molecule has 4 nitrogen and oxygen atoms in total. The predicted octanol–water partition coefficient (Wildman–Crippen LogP) is 2.57. The summed E-state index contributed by atoms with van der Waals surface area (Å²) in [7, 11) is 1.67. The Bertz CT molecular complexity index is 502. The molecule has 0 saturated carbocycles. The molecule has 1 aromatic heterocycles. The molecule has 0 spiro atoms. The zero-order valence-electron chi connectivity index (χ0n) is 11.3. The lowest BCUT2D eigenvalue weighted by Gasteiger charge is -2.18. The highest BCUT2D eigenvalue weighted by atomic mass is 16.5. The molecule has 1 N–H and O–H groups in total. The number of methoxy groups -OCH3 is 1. The second-order valence-corrected chi connectivity index (χ2v) is 4.27. The number of rotatable bonds is 6. The molecule has 19 heavy (non-hydrogen) atoms. The van der Waals surface area contributed by atoms with Crippen LogP contribution >= 0.6 is 0 Å². The largest absolute Gasteiger partial charge is 0.497 e. The molecule has 0 saturated heterocycles. The smallest absolute Gasteiger partial charge is 0.149 e. The van der Waals surface area contributed by atoms with Crippen LogP contribution in [0, 0.1) is 0 Å². The highest BCUT2D eigenvalue weighted by Gasteiger charge is 2.16. The number of hydrogen-bond acceptors (Lipinski definition) is 4. The topological polar surface area (TPSA) is 47.0 Å². The highest BCUT2D eigenvalue weighted by Crippen LogP contribution is 2.22. The molecule has 1 unspecified atom stereocenters. The lowest BCUT2D eigenvalue weighted by atomic mass is 10.1. The lowest BCUT2D eigenvalue weighted by Crippen LogP contribution is -2.25. The maximum Gasteiger partial charge on any atom is 0.149 e. The average molecular weight is 257 g/mol. The lowest BCUT2D eigenvalue weighted by molar-refractivity contribution is 0.413. The van der Waals surface area contributed by atoms with Gasteiger partial charge in [-0.3, -0.25) is 0 Å². The second kappa shape index (κ2) is 6.85. The summed E-state index contributed by atoms with van der Waals surface area (Å²) in [4.78, 5) is 8.70. The van der Waals surface area contributed by atoms with Gasteiger partial charge in [0.1, 0.15) is 11.6 Å². The zero-order valence-corrected chi connectivity index (χ0v) is 11.3. The van der Waals surface area contributed by atoms with Gasteiger partial charge in [0.2, 0.25) is 0 Å². The van der Waals surface area contributed by atoms with Crippen LogP contribution in [-0.2, 0) is 0 Å². The van der Waals surface area contributed by atoms with Gasteiger partial charge in [-0.05, 0) is 36.7 Å². The zero-order chi connectivity index (χ0) is 13.5. The molecule has 2 rings (SSSR count). The van der Waals surface area contributed by atoms with Gasteiger partial charge in [-0.25, -0.2) is 9.97 Å². The first kappa shape index (κ1) is 13.5. The minimum atomic E-state index is -0.00347. The minimum Gasteiger partial charge on any atom is -0.497 e. The summed E-state index contributed by atoms with van der Waals surface area (Å²) in [6.45, 7) is 3.06. The van der Waals surface area contributed by atoms with Crippen molar-refractivity contribution in [2.24, 2.45) is 0 Å². The van der Waals surface area contributed by atoms with Crippen LogP contribution in [0.3, 0.4) is 0 Å². The van der Waals surface area contributed by atoms with E-state index in [2.05, 4.69) is 28.3 Å². The summed E-state index contributed by atoms with van der Waals surface area (Å²) < 4.78 is 5.28. The van der Waals surface area contributed by atoms with E-state index in [0.717, 1.165) is 30.1 Å². The monoisotopic (exact) mass is 257 g/mol. The number of benzene rings is 1. The van der Waals surface area contributed by atoms with Crippen molar-refractivity contribution < 1.29 is 4.74 Å². The first-order chi connectivity index (χ1) is 9.35. The van der Waals surface area contributed by atoms with Gasteiger partial charge in [-0.1, -0.05) is 19.1 Å². The highest BCUT2D eigenvalue weighted by molar-refractivity contribution is 5.33. The summed E-state index contributed by atoms with van der Waals surface area (Å²) in [5, 5.41) is 3.47. The van der Waals surface area contributed by atoms with E-state index in [9.17, 15) is 0 Å². The molecule has 0 aliphatic carbocycles. The molecule has 0 aliphatic rings. The van der Waals surface area contributed by atoms with E-state index in [-0.39, 0.29) is 6.04 Å². The molecule has 1 heterocycles. The first-order valence-electron chi connectivity index (χ1n) is 6.49. The number of nitrogens with one attached hydrogen (secondary N) is 1. The van der Waals surface area contributed by atoms with Crippen molar-refractivity contribution in [3.8, 4) is 5.75 Å². The van der Waals surface area contributed by atoms with Gasteiger partial charge < -0.3 is 10.1 Å². The maximum atomic E-state index is 5.28. The molecule has 0 amide bonds. The van der Waals surface area contributed by atoms with Crippen LogP contribution in [0.4, 0.5) is 0 Å². The normalized spacial score (nSPS) is 12.1. The Morgan fingerprint density at radius 1 is 1.21 bits per heavy atom. The summed E-state index contributed by atoms with van der Waals surface area (Å²) in [5.41, 5.74) is 1.11. The van der Waals surface area contributed by atoms with Crippen LogP contribution in [0.1, 0.15) is 30.8 Å². The maximum absolute atomic E-state index is 5.28. The van der Waals surface area contributed by atoms with Gasteiger partial charge in [0.25, 0.3) is 0 Å². The van der Waals surface area contributed by atoms with Crippen LogP contribution in [0.15, 0.2) is 42.7 Å². The van der Waals surface area contributed by atoms with E-state index in [1.807, 2.05) is 24.3 Å². The van der Waals surface area contributed by atoms with Crippen molar-refractivity contribution in [2.45, 2.75) is 19.4 Å². The molecule has 0 bridgehead atoms. The molecule has 1 aromatic carbocycles. The van der Waals surface area contributed by atoms with Crippen molar-refractivity contribution >= 4 is 0 Å². The Labute approximate surface area is 113 Å². The van der Waals surface area contributed by atoms with Gasteiger partial charge in [-0.2, -0.15) is 0 Å². The van der Waals surface area contributed by atoms with E-state index >= 15 is 0 Å². The summed E-state index contributed by atoms with van der Waals surface area (Å²) in [5.74, 6) is 1.63. The Balaban J connectivity index is 2.31. The van der Waals surface area contributed by atoms with Gasteiger partial charge in [0.05, 0.1) is 13.2 Å². The third-order valence-electron chi connectivity index (χ3n) is 2.87. The Morgan fingerprint density at radius 3 is 2.68 bits per heavy atom. The van der Waals surface area contributed by atoms with Crippen LogP contribution in [0.25, 0.3) is 0 Å². The SMILES string of the molecule is CCCNC(c1cccc(OC)c1)c1ncccn1. The molecule has 0 fully saturated rings. The summed E-state index contributed by atoms with van der Waals surface area (Å²) in [6, 6.07) is 9.82. The van der Waals surface area contributed by atoms with E-state index in [1.54, 1.807) is 19.5 Å². The van der Waals surface area contributed by atoms with Crippen LogP contribution < -0.4 is 10.1 Å². The minimum absolute atomic E-state index is 0.00347. The van der Waals surface area contributed by atoms with E-state index in [4.69, 9.17) is 4.74 Å². The molecule has 1 atom stereocenters. The van der Waals surface area contributed by atoms with Crippen molar-refractivity contribution in [3.05, 3.63) is 54.1 Å². The average Bonchev–Trinajstić information content (AvgIpc) is 2.49. The first-order valence-corrected chi connectivity index (χ1v) is 6.49. The van der Waals surface area contributed by atoms with E-state index < -0.39 is 0 Å². The summed E-state index contributed by atoms with van der Waals surface area (Å²) in [6.07, 6.45) is 4.60. The molecule has 4 heteroatoms. The predicted molar refractivity (Wildman–Crippen MR) is 75.2 cm³/mol. The van der Waals surface area contributed by atoms with Crippen molar-refractivity contribution in [1.82, 2.24) is 15.3 Å². The number of nitrogens with zero attached hydrogens (tertiary/aromatic N) is 2. The van der Waals surface area contributed by atoms with Crippen LogP contribution in [0.5, 0.6) is 5.75 Å². The van der Waals surface area contributed by atoms with Gasteiger partial charge in [-0.15, -0.1) is 0 Å². The number of ether oxygens (including phenoxy) is 1. The number of hydrogen-bond donors (Lipinski definition) is 1. The van der Waals surface area contributed by atoms with Crippen LogP contribution in [-0.4, -0.2) is 23.6 Å². The van der Waals surface area contributed by atoms with Crippen molar-refractivity contribution in [2.75, 3.05) is 13.7 Å². The Kier molecular flexibility index (Phi) is 4.86. The third kappa shape index (κ3) is 3.51. The Morgan fingerprint density at radius 2 is 2.00 bits per heavy atom. The fraction of sp³-hybridized carbons (Fsp3) is 0.333. The standard InChI is InChI=1S/C15H19N3O/c1-3-8-16-14(15-17-9-5-10-18-15)12-6-4-7-13(11-12)19-2/h4-7,9-11,14,16H,3,8H2,1-2H3. The summed E-state index contributed by atoms with van der Waals surface area (Å²) >= 11 is 0. The fourth-order valence-electron chi connectivity index (χ4n) is 1.93. The molecule has 100 valence electrons. The van der Waals surface area contributed by atoms with Crippen molar-refractivity contribution in [1.29, 1.82) is 0 Å². The van der Waals surface area contributed by atoms with Gasteiger partial charge >= 0.3 is 0 Å². The molecule has 0 radical (unpaired) electrons. The van der Waals surface area contributed by atoms with Crippen LogP contribution in [0.2, 0.25) is 0 Å². The number of aromatic nitrogens is 2. The molecule has 2 aromatic rings. The third-order valence-corrected chi connectivity index (χ3v) is 2.87. The quantitative estimate of drug-likeness (QED) is 0.864. The molecule has 0 aliphatic heterocycles. The van der Waals surface area contributed by atoms with Crippen molar-refractivity contribution in [3.63, 3.8) is 0 Å². The molecular formula is C15H19N3O. The fourth-order valence-corrected chi connectivity index (χ4v) is 1.93. The van der Waals surface area contributed by atoms with E-state index in [1.165, 1.54) is 0 Å². The van der Waals surface area contributed by atoms with Gasteiger partial charge in [0.15, 0.2) is 0 Å². The second-order valence-electron chi connectivity index (χ2n) is 4.27. The van der Waals surface area contributed by atoms with E-state index in [0.29, 0.717) is 0 Å². The molecular weight excluding hydrogens is 238 g/mol.